The fraction of sp³-hybridized carbons (Fsp3) is 0.636. The van der Waals surface area contributed by atoms with E-state index in [-0.39, 0.29) is 41.8 Å². The average Bonchev–Trinajstić information content (AvgIpc) is 3.14. The van der Waals surface area contributed by atoms with E-state index < -0.39 is 0 Å². The maximum Gasteiger partial charge on any atom is 0.310 e. The van der Waals surface area contributed by atoms with Crippen molar-refractivity contribution >= 4 is 35.9 Å². The first-order valence-electron chi connectivity index (χ1n) is 10.4. The zero-order valence-corrected chi connectivity index (χ0v) is 20.5. The Labute approximate surface area is 196 Å². The van der Waals surface area contributed by atoms with E-state index in [2.05, 4.69) is 46.4 Å². The van der Waals surface area contributed by atoms with Gasteiger partial charge in [0.2, 0.25) is 0 Å². The molecular weight excluding hydrogens is 497 g/mol. The zero-order valence-electron chi connectivity index (χ0n) is 18.1. The number of hydrogen-bond donors (Lipinski definition) is 1. The molecular formula is C22H34IN3O4. The van der Waals surface area contributed by atoms with Crippen molar-refractivity contribution < 1.29 is 19.0 Å². The SMILES string of the molecule is CN=C(NCc1cccc(COC2CCOCC2)c1)N1CC(C)C(C(=O)OC)C1.I. The van der Waals surface area contributed by atoms with Gasteiger partial charge in [0.25, 0.3) is 0 Å². The van der Waals surface area contributed by atoms with Crippen molar-refractivity contribution in [3.8, 4) is 0 Å². The first kappa shape index (κ1) is 24.9. The molecule has 30 heavy (non-hydrogen) atoms. The van der Waals surface area contributed by atoms with Gasteiger partial charge in [-0.3, -0.25) is 9.79 Å². The highest BCUT2D eigenvalue weighted by Crippen LogP contribution is 2.24. The van der Waals surface area contributed by atoms with E-state index in [9.17, 15) is 4.79 Å². The Balaban J connectivity index is 0.00000320. The van der Waals surface area contributed by atoms with Crippen LogP contribution in [0.1, 0.15) is 30.9 Å². The molecule has 2 aliphatic rings. The molecule has 2 unspecified atom stereocenters. The first-order valence-corrected chi connectivity index (χ1v) is 10.4. The van der Waals surface area contributed by atoms with E-state index in [4.69, 9.17) is 14.2 Å². The Bertz CT molecular complexity index is 709. The van der Waals surface area contributed by atoms with Crippen molar-refractivity contribution in [3.63, 3.8) is 0 Å². The second-order valence-corrected chi connectivity index (χ2v) is 7.86. The summed E-state index contributed by atoms with van der Waals surface area (Å²) in [6.45, 7) is 6.38. The number of methoxy groups -OCH3 is 1. The third-order valence-electron chi connectivity index (χ3n) is 5.72. The summed E-state index contributed by atoms with van der Waals surface area (Å²) >= 11 is 0. The lowest BCUT2D eigenvalue weighted by Crippen LogP contribution is -2.40. The molecule has 2 heterocycles. The van der Waals surface area contributed by atoms with Crippen molar-refractivity contribution in [2.24, 2.45) is 16.8 Å². The van der Waals surface area contributed by atoms with Crippen LogP contribution in [0.4, 0.5) is 0 Å². The van der Waals surface area contributed by atoms with Gasteiger partial charge < -0.3 is 24.4 Å². The monoisotopic (exact) mass is 531 g/mol. The van der Waals surface area contributed by atoms with Gasteiger partial charge in [-0.2, -0.15) is 0 Å². The van der Waals surface area contributed by atoms with Gasteiger partial charge in [-0.15, -0.1) is 24.0 Å². The van der Waals surface area contributed by atoms with Gasteiger partial charge in [0.15, 0.2) is 5.96 Å². The molecule has 0 saturated carbocycles. The lowest BCUT2D eigenvalue weighted by Gasteiger charge is -2.23. The van der Waals surface area contributed by atoms with Gasteiger partial charge in [-0.25, -0.2) is 0 Å². The number of ether oxygens (including phenoxy) is 3. The smallest absolute Gasteiger partial charge is 0.310 e. The van der Waals surface area contributed by atoms with Crippen LogP contribution in [-0.4, -0.2) is 63.4 Å². The number of nitrogens with zero attached hydrogens (tertiary/aromatic N) is 2. The molecule has 1 aromatic carbocycles. The minimum Gasteiger partial charge on any atom is -0.469 e. The minimum absolute atomic E-state index is 0. The predicted molar refractivity (Wildman–Crippen MR) is 127 cm³/mol. The number of aliphatic imine (C=N–C) groups is 1. The van der Waals surface area contributed by atoms with Crippen LogP contribution in [0.15, 0.2) is 29.3 Å². The van der Waals surface area contributed by atoms with Crippen molar-refractivity contribution in [1.82, 2.24) is 10.2 Å². The molecule has 2 saturated heterocycles. The van der Waals surface area contributed by atoms with Gasteiger partial charge >= 0.3 is 5.97 Å². The number of carbonyl (C=O) groups is 1. The minimum atomic E-state index is -0.146. The lowest BCUT2D eigenvalue weighted by molar-refractivity contribution is -0.145. The second-order valence-electron chi connectivity index (χ2n) is 7.86. The molecule has 0 bridgehead atoms. The standard InChI is InChI=1S/C22H33N3O4.HI/c1-16-13-25(14-20(16)21(26)27-3)22(23-2)24-12-17-5-4-6-18(11-17)15-29-19-7-9-28-10-8-19;/h4-6,11,16,19-20H,7-10,12-15H2,1-3H3,(H,23,24);1H. The van der Waals surface area contributed by atoms with E-state index in [0.29, 0.717) is 25.8 Å². The van der Waals surface area contributed by atoms with Crippen LogP contribution >= 0.6 is 24.0 Å². The molecule has 1 aromatic rings. The van der Waals surface area contributed by atoms with E-state index in [0.717, 1.165) is 38.6 Å². The summed E-state index contributed by atoms with van der Waals surface area (Å²) in [7, 11) is 3.22. The van der Waals surface area contributed by atoms with Crippen LogP contribution in [0.3, 0.4) is 0 Å². The number of nitrogens with one attached hydrogen (secondary N) is 1. The summed E-state index contributed by atoms with van der Waals surface area (Å²) in [5, 5.41) is 3.42. The molecule has 168 valence electrons. The molecule has 2 atom stereocenters. The Hall–Kier alpha value is -1.39. The Morgan fingerprint density at radius 2 is 2.00 bits per heavy atom. The number of hydrogen-bond acceptors (Lipinski definition) is 5. The molecule has 0 radical (unpaired) electrons. The van der Waals surface area contributed by atoms with Gasteiger partial charge in [-0.05, 0) is 29.9 Å². The van der Waals surface area contributed by atoms with Crippen molar-refractivity contribution in [2.75, 3.05) is 40.5 Å². The third-order valence-corrected chi connectivity index (χ3v) is 5.72. The molecule has 3 rings (SSSR count). The number of rotatable bonds is 6. The molecule has 0 spiro atoms. The molecule has 0 amide bonds. The quantitative estimate of drug-likeness (QED) is 0.264. The summed E-state index contributed by atoms with van der Waals surface area (Å²) in [5.41, 5.74) is 2.35. The normalized spacial score (nSPS) is 22.5. The van der Waals surface area contributed by atoms with Gasteiger partial charge in [-0.1, -0.05) is 31.2 Å². The topological polar surface area (TPSA) is 72.4 Å². The highest BCUT2D eigenvalue weighted by molar-refractivity contribution is 14.0. The van der Waals surface area contributed by atoms with Crippen LogP contribution in [0.5, 0.6) is 0 Å². The van der Waals surface area contributed by atoms with Gasteiger partial charge in [0.05, 0.1) is 25.7 Å². The maximum absolute atomic E-state index is 11.9. The molecule has 2 fully saturated rings. The van der Waals surface area contributed by atoms with Gasteiger partial charge in [0.1, 0.15) is 0 Å². The highest BCUT2D eigenvalue weighted by atomic mass is 127. The molecule has 2 aliphatic heterocycles. The second kappa shape index (κ2) is 12.5. The number of benzene rings is 1. The van der Waals surface area contributed by atoms with E-state index in [1.165, 1.54) is 18.2 Å². The van der Waals surface area contributed by atoms with E-state index >= 15 is 0 Å². The number of esters is 1. The van der Waals surface area contributed by atoms with Crippen molar-refractivity contribution in [3.05, 3.63) is 35.4 Å². The van der Waals surface area contributed by atoms with Crippen molar-refractivity contribution in [2.45, 2.75) is 39.0 Å². The third kappa shape index (κ3) is 6.81. The molecule has 7 nitrogen and oxygen atoms in total. The molecule has 0 aromatic heterocycles. The number of guanidine groups is 1. The summed E-state index contributed by atoms with van der Waals surface area (Å²) in [5.74, 6) is 0.802. The van der Waals surface area contributed by atoms with E-state index in [1.54, 1.807) is 7.05 Å². The van der Waals surface area contributed by atoms with Crippen molar-refractivity contribution in [1.29, 1.82) is 0 Å². The molecule has 8 heteroatoms. The van der Waals surface area contributed by atoms with Crippen LogP contribution in [0.25, 0.3) is 0 Å². The highest BCUT2D eigenvalue weighted by Gasteiger charge is 2.36. The first-order chi connectivity index (χ1) is 14.1. The molecule has 1 N–H and O–H groups in total. The predicted octanol–water partition coefficient (Wildman–Crippen LogP) is 2.82. The lowest BCUT2D eigenvalue weighted by atomic mass is 9.99. The fourth-order valence-electron chi connectivity index (χ4n) is 4.00. The molecule has 0 aliphatic carbocycles. The number of halogens is 1. The summed E-state index contributed by atoms with van der Waals surface area (Å²) < 4.78 is 16.3. The van der Waals surface area contributed by atoms with Crippen LogP contribution in [0.2, 0.25) is 0 Å². The largest absolute Gasteiger partial charge is 0.469 e. The summed E-state index contributed by atoms with van der Waals surface area (Å²) in [6.07, 6.45) is 2.24. The summed E-state index contributed by atoms with van der Waals surface area (Å²) in [6, 6.07) is 8.43. The van der Waals surface area contributed by atoms with Gasteiger partial charge in [0, 0.05) is 39.9 Å². The van der Waals surface area contributed by atoms with Crippen LogP contribution in [-0.2, 0) is 32.2 Å². The Morgan fingerprint density at radius 3 is 2.70 bits per heavy atom. The Morgan fingerprint density at radius 1 is 1.27 bits per heavy atom. The van der Waals surface area contributed by atoms with Crippen LogP contribution in [0, 0.1) is 11.8 Å². The zero-order chi connectivity index (χ0) is 20.6. The summed E-state index contributed by atoms with van der Waals surface area (Å²) in [4.78, 5) is 18.5. The van der Waals surface area contributed by atoms with E-state index in [1.807, 2.05) is 0 Å². The fourth-order valence-corrected chi connectivity index (χ4v) is 4.00. The average molecular weight is 531 g/mol. The number of likely N-dealkylation sites (tertiary alicyclic amines) is 1. The Kier molecular flexibility index (Phi) is 10.3. The van der Waals surface area contributed by atoms with Crippen LogP contribution < -0.4 is 5.32 Å². The number of carbonyl (C=O) groups excluding carboxylic acids is 1. The maximum atomic E-state index is 11.9.